The van der Waals surface area contributed by atoms with Crippen LogP contribution in [0, 0.1) is 5.82 Å². The lowest BCUT2D eigenvalue weighted by Crippen LogP contribution is -2.43. The zero-order chi connectivity index (χ0) is 27.8. The van der Waals surface area contributed by atoms with Crippen LogP contribution in [0.2, 0.25) is 0 Å². The number of benzene rings is 1. The van der Waals surface area contributed by atoms with Gasteiger partial charge >= 0.3 is 12.1 Å². The predicted octanol–water partition coefficient (Wildman–Crippen LogP) is 2.17. The molecule has 3 amide bonds. The summed E-state index contributed by atoms with van der Waals surface area (Å²) in [5.74, 6) is -4.73. The third-order valence-corrected chi connectivity index (χ3v) is 5.05. The maximum absolute atomic E-state index is 13.4. The molecule has 0 unspecified atom stereocenters. The number of allylic oxidation sites excluding steroid dienone is 1. The number of nitrogens with two attached hydrogens (primary N) is 1. The highest BCUT2D eigenvalue weighted by Crippen LogP contribution is 2.19. The van der Waals surface area contributed by atoms with Crippen molar-refractivity contribution in [2.75, 3.05) is 5.32 Å². The minimum atomic E-state index is -5.26. The lowest BCUT2D eigenvalue weighted by atomic mass is 10.0. The van der Waals surface area contributed by atoms with Crippen LogP contribution in [0.4, 0.5) is 23.2 Å². The van der Waals surface area contributed by atoms with Crippen LogP contribution >= 0.6 is 0 Å². The van der Waals surface area contributed by atoms with E-state index in [1.807, 2.05) is 0 Å². The molecule has 0 saturated heterocycles. The Morgan fingerprint density at radius 1 is 1.11 bits per heavy atom. The van der Waals surface area contributed by atoms with E-state index < -0.39 is 53.0 Å². The van der Waals surface area contributed by atoms with Crippen molar-refractivity contribution >= 4 is 29.2 Å². The smallest absolute Gasteiger partial charge is 0.370 e. The Hall–Kier alpha value is -4.29. The first-order valence-electron chi connectivity index (χ1n) is 10.9. The Bertz CT molecular complexity index is 1240. The van der Waals surface area contributed by atoms with Gasteiger partial charge in [0.2, 0.25) is 11.8 Å². The average molecular weight is 524 g/mol. The number of primary amides is 1. The maximum atomic E-state index is 13.4. The van der Waals surface area contributed by atoms with Crippen LogP contribution in [-0.4, -0.2) is 40.3 Å². The molecule has 2 rings (SSSR count). The van der Waals surface area contributed by atoms with Crippen LogP contribution in [0.15, 0.2) is 59.5 Å². The molecule has 0 aliphatic rings. The molecule has 4 N–H and O–H groups in total. The van der Waals surface area contributed by atoms with E-state index in [0.717, 1.165) is 29.0 Å². The number of halogens is 4. The summed E-state index contributed by atoms with van der Waals surface area (Å²) in [7, 11) is 0. The summed E-state index contributed by atoms with van der Waals surface area (Å²) in [5.41, 5.74) is 3.75. The fourth-order valence-electron chi connectivity index (χ4n) is 3.25. The van der Waals surface area contributed by atoms with E-state index in [9.17, 15) is 41.5 Å². The molecule has 1 heterocycles. The first-order chi connectivity index (χ1) is 17.3. The molecule has 37 heavy (non-hydrogen) atoms. The van der Waals surface area contributed by atoms with Crippen LogP contribution in [0.1, 0.15) is 31.4 Å². The number of amides is 3. The van der Waals surface area contributed by atoms with Gasteiger partial charge in [-0.1, -0.05) is 18.2 Å². The number of hydrogen-bond donors (Lipinski definition) is 3. The predicted molar refractivity (Wildman–Crippen MR) is 125 cm³/mol. The summed E-state index contributed by atoms with van der Waals surface area (Å²) in [6.07, 6.45) is -1.93. The Morgan fingerprint density at radius 2 is 1.76 bits per heavy atom. The molecule has 198 valence electrons. The standard InChI is InChI=1S/C24H24F4N4O5/c1-14(33)4-9-17(10-11-20(29)34)30-21(35)19(13-15-5-7-16(25)8-6-15)32-12-2-3-18(22(32)36)31-23(37)24(26,27)28/h2-9,12,17,19H,10-11,13H2,1H3,(H2,29,34)(H,30,35)(H,31,37)/b9-4+/t17-,19+/m1/s1. The molecule has 1 aromatic heterocycles. The first kappa shape index (κ1) is 28.9. The van der Waals surface area contributed by atoms with Gasteiger partial charge in [-0.25, -0.2) is 4.39 Å². The van der Waals surface area contributed by atoms with Gasteiger partial charge in [0.05, 0.1) is 0 Å². The van der Waals surface area contributed by atoms with Crippen LogP contribution in [-0.2, 0) is 25.6 Å². The third kappa shape index (κ3) is 9.02. The second-order valence-corrected chi connectivity index (χ2v) is 8.02. The Labute approximate surface area is 208 Å². The van der Waals surface area contributed by atoms with Gasteiger partial charge in [0.15, 0.2) is 5.78 Å². The fraction of sp³-hybridized carbons (Fsp3) is 0.292. The van der Waals surface area contributed by atoms with E-state index in [-0.39, 0.29) is 25.0 Å². The highest BCUT2D eigenvalue weighted by atomic mass is 19.4. The number of carbonyl (C=O) groups is 4. The average Bonchev–Trinajstić information content (AvgIpc) is 2.81. The zero-order valence-electron chi connectivity index (χ0n) is 19.5. The molecular formula is C24H24F4N4O5. The molecule has 2 aromatic rings. The Kier molecular flexibility index (Phi) is 9.86. The van der Waals surface area contributed by atoms with Crippen molar-refractivity contribution in [2.24, 2.45) is 5.73 Å². The van der Waals surface area contributed by atoms with Gasteiger partial charge in [-0.2, -0.15) is 13.2 Å². The Morgan fingerprint density at radius 3 is 2.32 bits per heavy atom. The zero-order valence-corrected chi connectivity index (χ0v) is 19.5. The van der Waals surface area contributed by atoms with Crippen molar-refractivity contribution in [3.63, 3.8) is 0 Å². The van der Waals surface area contributed by atoms with E-state index in [1.165, 1.54) is 42.6 Å². The molecule has 2 atom stereocenters. The fourth-order valence-corrected chi connectivity index (χ4v) is 3.25. The van der Waals surface area contributed by atoms with Crippen LogP contribution in [0.25, 0.3) is 0 Å². The number of rotatable bonds is 11. The summed E-state index contributed by atoms with van der Waals surface area (Å²) in [5, 5.41) is 4.07. The van der Waals surface area contributed by atoms with E-state index in [1.54, 1.807) is 0 Å². The number of alkyl halides is 3. The quantitative estimate of drug-likeness (QED) is 0.305. The van der Waals surface area contributed by atoms with Gasteiger partial charge < -0.3 is 20.9 Å². The molecule has 0 spiro atoms. The van der Waals surface area contributed by atoms with E-state index in [0.29, 0.717) is 5.56 Å². The molecular weight excluding hydrogens is 500 g/mol. The molecule has 0 saturated carbocycles. The number of hydrogen-bond acceptors (Lipinski definition) is 5. The normalized spacial score (nSPS) is 13.1. The largest absolute Gasteiger partial charge is 0.471 e. The van der Waals surface area contributed by atoms with Crippen molar-refractivity contribution in [3.8, 4) is 0 Å². The van der Waals surface area contributed by atoms with Gasteiger partial charge in [0, 0.05) is 25.1 Å². The molecule has 0 fully saturated rings. The number of ketones is 1. The summed E-state index contributed by atoms with van der Waals surface area (Å²) in [6, 6.07) is 4.84. The first-order valence-corrected chi connectivity index (χ1v) is 10.9. The van der Waals surface area contributed by atoms with Crippen molar-refractivity contribution in [2.45, 2.75) is 44.4 Å². The lowest BCUT2D eigenvalue weighted by molar-refractivity contribution is -0.167. The molecule has 0 aliphatic heterocycles. The minimum absolute atomic E-state index is 0.0186. The SMILES string of the molecule is CC(=O)/C=C/[C@H](CCC(N)=O)NC(=O)[C@H](Cc1ccc(F)cc1)n1cccc(NC(=O)C(F)(F)F)c1=O. The Balaban J connectivity index is 2.47. The van der Waals surface area contributed by atoms with Crippen molar-refractivity contribution in [1.29, 1.82) is 0 Å². The number of carbonyl (C=O) groups excluding carboxylic acids is 4. The van der Waals surface area contributed by atoms with E-state index in [4.69, 9.17) is 5.73 Å². The van der Waals surface area contributed by atoms with Gasteiger partial charge in [-0.05, 0) is 49.2 Å². The molecule has 9 nitrogen and oxygen atoms in total. The number of anilines is 1. The number of nitrogens with one attached hydrogen (secondary N) is 2. The van der Waals surface area contributed by atoms with E-state index >= 15 is 0 Å². The number of aromatic nitrogens is 1. The van der Waals surface area contributed by atoms with Crippen molar-refractivity contribution < 1.29 is 36.7 Å². The van der Waals surface area contributed by atoms with Gasteiger partial charge in [-0.3, -0.25) is 24.0 Å². The van der Waals surface area contributed by atoms with Gasteiger partial charge in [0.25, 0.3) is 5.56 Å². The maximum Gasteiger partial charge on any atom is 0.471 e. The van der Waals surface area contributed by atoms with Crippen LogP contribution in [0.5, 0.6) is 0 Å². The minimum Gasteiger partial charge on any atom is -0.370 e. The number of pyridine rings is 1. The second-order valence-electron chi connectivity index (χ2n) is 8.02. The molecule has 1 aromatic carbocycles. The summed E-state index contributed by atoms with van der Waals surface area (Å²) < 4.78 is 52.3. The van der Waals surface area contributed by atoms with Gasteiger partial charge in [-0.15, -0.1) is 0 Å². The molecule has 0 aliphatic carbocycles. The highest BCUT2D eigenvalue weighted by molar-refractivity contribution is 5.94. The van der Waals surface area contributed by atoms with Crippen molar-refractivity contribution in [1.82, 2.24) is 9.88 Å². The van der Waals surface area contributed by atoms with Crippen LogP contribution in [0.3, 0.4) is 0 Å². The molecule has 13 heteroatoms. The lowest BCUT2D eigenvalue weighted by Gasteiger charge is -2.23. The molecule has 0 bridgehead atoms. The summed E-state index contributed by atoms with van der Waals surface area (Å²) in [4.78, 5) is 60.2. The summed E-state index contributed by atoms with van der Waals surface area (Å²) in [6.45, 7) is 1.26. The third-order valence-electron chi connectivity index (χ3n) is 5.05. The monoisotopic (exact) mass is 524 g/mol. The van der Waals surface area contributed by atoms with Crippen molar-refractivity contribution in [3.05, 3.63) is 76.5 Å². The number of nitrogens with zero attached hydrogens (tertiary/aromatic N) is 1. The second kappa shape index (κ2) is 12.6. The molecule has 0 radical (unpaired) electrons. The van der Waals surface area contributed by atoms with Crippen LogP contribution < -0.4 is 21.9 Å². The summed E-state index contributed by atoms with van der Waals surface area (Å²) >= 11 is 0. The highest BCUT2D eigenvalue weighted by Gasteiger charge is 2.39. The topological polar surface area (TPSA) is 140 Å². The van der Waals surface area contributed by atoms with Gasteiger partial charge in [0.1, 0.15) is 17.5 Å². The van der Waals surface area contributed by atoms with E-state index in [2.05, 4.69) is 5.32 Å².